The number of hydrogen-bond donors (Lipinski definition) is 2. The molecule has 2 heterocycles. The molecule has 9 nitrogen and oxygen atoms in total. The molecule has 9 heteroatoms. The number of fused-ring (bicyclic) bond motifs is 2. The third-order valence-electron chi connectivity index (χ3n) is 6.21. The van der Waals surface area contributed by atoms with Gasteiger partial charge in [-0.15, -0.1) is 0 Å². The zero-order valence-electron chi connectivity index (χ0n) is 19.8. The fraction of sp³-hybridized carbons (Fsp3) is 0.346. The van der Waals surface area contributed by atoms with Gasteiger partial charge >= 0.3 is 5.97 Å². The molecule has 2 amide bonds. The molecule has 0 bridgehead atoms. The fourth-order valence-corrected chi connectivity index (χ4v) is 4.07. The lowest BCUT2D eigenvalue weighted by atomic mass is 10.1. The van der Waals surface area contributed by atoms with Gasteiger partial charge in [-0.2, -0.15) is 0 Å². The van der Waals surface area contributed by atoms with E-state index >= 15 is 0 Å². The van der Waals surface area contributed by atoms with E-state index in [1.165, 1.54) is 12.1 Å². The Morgan fingerprint density at radius 2 is 1.89 bits per heavy atom. The maximum absolute atomic E-state index is 12.8. The minimum Gasteiger partial charge on any atom is -0.452 e. The molecule has 35 heavy (non-hydrogen) atoms. The summed E-state index contributed by atoms with van der Waals surface area (Å²) in [6.07, 6.45) is 3.68. The summed E-state index contributed by atoms with van der Waals surface area (Å²) in [7, 11) is 0. The fourth-order valence-electron chi connectivity index (χ4n) is 4.07. The van der Waals surface area contributed by atoms with E-state index in [9.17, 15) is 19.2 Å². The number of ether oxygens (including phenoxy) is 1. The number of carbonyl (C=O) groups excluding carboxylic acids is 3. The van der Waals surface area contributed by atoms with Crippen molar-refractivity contribution in [3.63, 3.8) is 0 Å². The minimum absolute atomic E-state index is 0.106. The van der Waals surface area contributed by atoms with Crippen molar-refractivity contribution < 1.29 is 19.1 Å². The van der Waals surface area contributed by atoms with Gasteiger partial charge in [0.1, 0.15) is 5.82 Å². The maximum atomic E-state index is 12.8. The molecule has 0 atom stereocenters. The van der Waals surface area contributed by atoms with Gasteiger partial charge in [0.2, 0.25) is 5.91 Å². The number of carbonyl (C=O) groups is 3. The molecule has 3 aromatic rings. The zero-order chi connectivity index (χ0) is 24.9. The van der Waals surface area contributed by atoms with Crippen LogP contribution < -0.4 is 16.2 Å². The lowest BCUT2D eigenvalue weighted by Crippen LogP contribution is -2.35. The van der Waals surface area contributed by atoms with E-state index in [-0.39, 0.29) is 23.6 Å². The van der Waals surface area contributed by atoms with Crippen LogP contribution >= 0.6 is 0 Å². The predicted octanol–water partition coefficient (Wildman–Crippen LogP) is 2.65. The molecule has 4 rings (SSSR count). The van der Waals surface area contributed by atoms with Gasteiger partial charge in [-0.1, -0.05) is 18.6 Å². The lowest BCUT2D eigenvalue weighted by molar-refractivity contribution is -0.126. The van der Waals surface area contributed by atoms with Crippen molar-refractivity contribution in [1.29, 1.82) is 0 Å². The van der Waals surface area contributed by atoms with E-state index in [0.717, 1.165) is 42.6 Å². The van der Waals surface area contributed by atoms with Gasteiger partial charge in [-0.05, 0) is 62.1 Å². The summed E-state index contributed by atoms with van der Waals surface area (Å²) in [5, 5.41) is 5.63. The van der Waals surface area contributed by atoms with Crippen LogP contribution in [0.2, 0.25) is 0 Å². The lowest BCUT2D eigenvalue weighted by Gasteiger charge is -2.11. The molecule has 2 aromatic carbocycles. The Bertz CT molecular complexity index is 1360. The monoisotopic (exact) mass is 476 g/mol. The van der Waals surface area contributed by atoms with Crippen LogP contribution in [0.4, 0.5) is 5.69 Å². The van der Waals surface area contributed by atoms with E-state index in [1.54, 1.807) is 16.7 Å². The van der Waals surface area contributed by atoms with Gasteiger partial charge in [0, 0.05) is 18.7 Å². The van der Waals surface area contributed by atoms with Gasteiger partial charge in [-0.25, -0.2) is 9.78 Å². The highest BCUT2D eigenvalue weighted by Crippen LogP contribution is 2.18. The molecule has 0 unspecified atom stereocenters. The number of aromatic nitrogens is 2. The van der Waals surface area contributed by atoms with Crippen LogP contribution in [-0.2, 0) is 27.3 Å². The van der Waals surface area contributed by atoms with Crippen molar-refractivity contribution in [2.75, 3.05) is 18.5 Å². The standard InChI is InChI=1S/C26H28N4O5/c1-16-7-6-8-20(17(16)2)29-23(31)14-27-24(32)15-35-26(34)18-10-11-19-21(13-18)28-22-9-4-3-5-12-30(22)25(19)33/h6-8,10-11,13H,3-5,9,12,14-15H2,1-2H3,(H,27,32)(H,29,31). The van der Waals surface area contributed by atoms with Crippen LogP contribution in [0.15, 0.2) is 41.2 Å². The number of amides is 2. The first-order valence-electron chi connectivity index (χ1n) is 11.7. The molecule has 0 spiro atoms. The number of aryl methyl sites for hydroxylation is 2. The minimum atomic E-state index is -0.710. The van der Waals surface area contributed by atoms with E-state index in [2.05, 4.69) is 15.6 Å². The summed E-state index contributed by atoms with van der Waals surface area (Å²) in [5.74, 6) is -0.968. The average Bonchev–Trinajstić information content (AvgIpc) is 3.09. The third-order valence-corrected chi connectivity index (χ3v) is 6.21. The third kappa shape index (κ3) is 5.56. The van der Waals surface area contributed by atoms with Crippen LogP contribution in [-0.4, -0.2) is 40.5 Å². The van der Waals surface area contributed by atoms with E-state index in [4.69, 9.17) is 4.74 Å². The van der Waals surface area contributed by atoms with Gasteiger partial charge in [0.25, 0.3) is 11.5 Å². The number of rotatable bonds is 6. The van der Waals surface area contributed by atoms with E-state index in [0.29, 0.717) is 23.1 Å². The van der Waals surface area contributed by atoms with Gasteiger partial charge < -0.3 is 15.4 Å². The van der Waals surface area contributed by atoms with Crippen molar-refractivity contribution in [3.8, 4) is 0 Å². The number of esters is 1. The average molecular weight is 477 g/mol. The molecular weight excluding hydrogens is 448 g/mol. The summed E-state index contributed by atoms with van der Waals surface area (Å²) in [4.78, 5) is 54.1. The largest absolute Gasteiger partial charge is 0.452 e. The molecule has 0 saturated carbocycles. The molecular formula is C26H28N4O5. The van der Waals surface area contributed by atoms with Crippen LogP contribution in [0.1, 0.15) is 46.6 Å². The Morgan fingerprint density at radius 1 is 1.06 bits per heavy atom. The number of anilines is 1. The van der Waals surface area contributed by atoms with Crippen molar-refractivity contribution in [2.45, 2.75) is 46.1 Å². The van der Waals surface area contributed by atoms with Crippen LogP contribution in [0.3, 0.4) is 0 Å². The summed E-state index contributed by atoms with van der Waals surface area (Å²) in [6.45, 7) is 3.71. The highest BCUT2D eigenvalue weighted by molar-refractivity contribution is 5.97. The van der Waals surface area contributed by atoms with E-state index in [1.807, 2.05) is 26.0 Å². The number of nitrogens with zero attached hydrogens (tertiary/aromatic N) is 2. The van der Waals surface area contributed by atoms with E-state index < -0.39 is 18.5 Å². The molecule has 0 fully saturated rings. The molecule has 1 aliphatic rings. The number of benzene rings is 2. The highest BCUT2D eigenvalue weighted by atomic mass is 16.5. The normalized spacial score (nSPS) is 13.0. The molecule has 2 N–H and O–H groups in total. The van der Waals surface area contributed by atoms with Crippen molar-refractivity contribution in [1.82, 2.24) is 14.9 Å². The van der Waals surface area contributed by atoms with Crippen molar-refractivity contribution in [2.24, 2.45) is 0 Å². The highest BCUT2D eigenvalue weighted by Gasteiger charge is 2.17. The summed E-state index contributed by atoms with van der Waals surface area (Å²) >= 11 is 0. The Balaban J connectivity index is 1.33. The van der Waals surface area contributed by atoms with Crippen molar-refractivity contribution in [3.05, 3.63) is 69.3 Å². The van der Waals surface area contributed by atoms with Crippen LogP contribution in [0.5, 0.6) is 0 Å². The Hall–Kier alpha value is -4.01. The second-order valence-electron chi connectivity index (χ2n) is 8.68. The van der Waals surface area contributed by atoms with Gasteiger partial charge in [0.15, 0.2) is 6.61 Å². The topological polar surface area (TPSA) is 119 Å². The Morgan fingerprint density at radius 3 is 2.71 bits per heavy atom. The summed E-state index contributed by atoms with van der Waals surface area (Å²) < 4.78 is 6.81. The first-order chi connectivity index (χ1) is 16.8. The first-order valence-corrected chi connectivity index (χ1v) is 11.7. The number of hydrogen-bond acceptors (Lipinski definition) is 6. The second-order valence-corrected chi connectivity index (χ2v) is 8.68. The summed E-state index contributed by atoms with van der Waals surface area (Å²) in [5.41, 5.74) is 3.20. The van der Waals surface area contributed by atoms with Crippen LogP contribution in [0, 0.1) is 13.8 Å². The molecule has 0 saturated heterocycles. The molecule has 1 aliphatic heterocycles. The van der Waals surface area contributed by atoms with Gasteiger partial charge in [-0.3, -0.25) is 19.0 Å². The first kappa shape index (κ1) is 24.1. The van der Waals surface area contributed by atoms with Gasteiger partial charge in [0.05, 0.1) is 23.0 Å². The predicted molar refractivity (Wildman–Crippen MR) is 131 cm³/mol. The SMILES string of the molecule is Cc1cccc(NC(=O)CNC(=O)COC(=O)c2ccc3c(=O)n4c(nc3c2)CCCCC4)c1C. The smallest absolute Gasteiger partial charge is 0.338 e. The second kappa shape index (κ2) is 10.5. The molecule has 1 aromatic heterocycles. The Labute approximate surface area is 202 Å². The maximum Gasteiger partial charge on any atom is 0.338 e. The Kier molecular flexibility index (Phi) is 7.24. The molecule has 0 radical (unpaired) electrons. The number of nitrogens with one attached hydrogen (secondary N) is 2. The zero-order valence-corrected chi connectivity index (χ0v) is 19.8. The quantitative estimate of drug-likeness (QED) is 0.528. The van der Waals surface area contributed by atoms with Crippen LogP contribution in [0.25, 0.3) is 10.9 Å². The summed E-state index contributed by atoms with van der Waals surface area (Å²) in [6, 6.07) is 10.1. The molecule has 0 aliphatic carbocycles. The molecule has 182 valence electrons. The van der Waals surface area contributed by atoms with Crippen molar-refractivity contribution >= 4 is 34.4 Å².